The van der Waals surface area contributed by atoms with E-state index in [1.807, 2.05) is 13.0 Å². The van der Waals surface area contributed by atoms with Crippen molar-refractivity contribution in [3.05, 3.63) is 23.3 Å². The molecule has 1 aromatic rings. The molecule has 0 aromatic heterocycles. The summed E-state index contributed by atoms with van der Waals surface area (Å²) in [6.07, 6.45) is 4.83. The summed E-state index contributed by atoms with van der Waals surface area (Å²) in [4.78, 5) is 0. The van der Waals surface area contributed by atoms with E-state index in [0.717, 1.165) is 23.5 Å². The van der Waals surface area contributed by atoms with Crippen LogP contribution in [0.3, 0.4) is 0 Å². The molecule has 0 unspecified atom stereocenters. The molecule has 0 saturated heterocycles. The monoisotopic (exact) mass is 222 g/mol. The van der Waals surface area contributed by atoms with Gasteiger partial charge in [-0.25, -0.2) is 0 Å². The predicted molar refractivity (Wildman–Crippen MR) is 67.5 cm³/mol. The summed E-state index contributed by atoms with van der Waals surface area (Å²) in [5.41, 5.74) is 2.38. The molecule has 2 nitrogen and oxygen atoms in total. The number of aryl methyl sites for hydroxylation is 1. The number of unbranched alkanes of at least 4 members (excludes halogenated alkanes) is 2. The van der Waals surface area contributed by atoms with Crippen LogP contribution in [-0.2, 0) is 6.42 Å². The van der Waals surface area contributed by atoms with E-state index in [1.165, 1.54) is 24.8 Å². The molecule has 0 amide bonds. The minimum Gasteiger partial charge on any atom is -0.496 e. The fourth-order valence-electron chi connectivity index (χ4n) is 2.00. The van der Waals surface area contributed by atoms with E-state index in [2.05, 4.69) is 13.0 Å². The molecule has 1 aromatic carbocycles. The van der Waals surface area contributed by atoms with Crippen LogP contribution in [0.4, 0.5) is 0 Å². The lowest BCUT2D eigenvalue weighted by Gasteiger charge is -2.14. The minimum absolute atomic E-state index is 0.899. The highest BCUT2D eigenvalue weighted by molar-refractivity contribution is 5.49. The van der Waals surface area contributed by atoms with E-state index in [0.29, 0.717) is 0 Å². The van der Waals surface area contributed by atoms with E-state index in [9.17, 15) is 0 Å². The van der Waals surface area contributed by atoms with Crippen molar-refractivity contribution in [1.82, 2.24) is 0 Å². The molecule has 0 N–H and O–H groups in total. The van der Waals surface area contributed by atoms with Crippen LogP contribution < -0.4 is 9.47 Å². The summed E-state index contributed by atoms with van der Waals surface area (Å²) in [5.74, 6) is 1.88. The molecule has 0 bridgehead atoms. The van der Waals surface area contributed by atoms with E-state index in [-0.39, 0.29) is 0 Å². The summed E-state index contributed by atoms with van der Waals surface area (Å²) in [6, 6.07) is 4.14. The molecule has 0 spiro atoms. The predicted octanol–water partition coefficient (Wildman–Crippen LogP) is 3.74. The average Bonchev–Trinajstić information content (AvgIpc) is 2.30. The van der Waals surface area contributed by atoms with Gasteiger partial charge >= 0.3 is 0 Å². The van der Waals surface area contributed by atoms with E-state index in [4.69, 9.17) is 9.47 Å². The minimum atomic E-state index is 0.899. The van der Waals surface area contributed by atoms with Crippen LogP contribution in [-0.4, -0.2) is 14.2 Å². The Labute approximate surface area is 98.6 Å². The first-order chi connectivity index (χ1) is 7.74. The van der Waals surface area contributed by atoms with Crippen molar-refractivity contribution in [2.75, 3.05) is 14.2 Å². The molecule has 16 heavy (non-hydrogen) atoms. The van der Waals surface area contributed by atoms with Gasteiger partial charge in [0.2, 0.25) is 0 Å². The number of ether oxygens (including phenoxy) is 2. The average molecular weight is 222 g/mol. The van der Waals surface area contributed by atoms with Crippen LogP contribution in [0.5, 0.6) is 11.5 Å². The zero-order valence-electron chi connectivity index (χ0n) is 10.8. The van der Waals surface area contributed by atoms with Crippen LogP contribution in [0.1, 0.15) is 37.3 Å². The lowest BCUT2D eigenvalue weighted by molar-refractivity contribution is 0.385. The largest absolute Gasteiger partial charge is 0.496 e. The molecule has 0 atom stereocenters. The quantitative estimate of drug-likeness (QED) is 0.682. The van der Waals surface area contributed by atoms with Crippen LogP contribution in [0.25, 0.3) is 0 Å². The van der Waals surface area contributed by atoms with E-state index in [1.54, 1.807) is 14.2 Å². The standard InChI is InChI=1S/C14H22O2/c1-5-6-7-8-12-9-10-13(15-3)11(2)14(12)16-4/h9-10H,5-8H2,1-4H3. The SMILES string of the molecule is CCCCCc1ccc(OC)c(C)c1OC. The molecule has 0 aliphatic carbocycles. The van der Waals surface area contributed by atoms with Crippen molar-refractivity contribution < 1.29 is 9.47 Å². The normalized spacial score (nSPS) is 10.2. The molecule has 0 aliphatic rings. The van der Waals surface area contributed by atoms with Gasteiger partial charge in [0.25, 0.3) is 0 Å². The molecule has 0 saturated carbocycles. The maximum absolute atomic E-state index is 5.47. The highest BCUT2D eigenvalue weighted by Crippen LogP contribution is 2.32. The lowest BCUT2D eigenvalue weighted by Crippen LogP contribution is -1.98. The van der Waals surface area contributed by atoms with Crippen LogP contribution in [0.15, 0.2) is 12.1 Å². The first-order valence-electron chi connectivity index (χ1n) is 5.95. The number of hydrogen-bond acceptors (Lipinski definition) is 2. The van der Waals surface area contributed by atoms with E-state index >= 15 is 0 Å². The summed E-state index contributed by atoms with van der Waals surface area (Å²) in [7, 11) is 3.42. The molecular formula is C14H22O2. The number of benzene rings is 1. The Bertz CT molecular complexity index is 332. The van der Waals surface area contributed by atoms with Crippen molar-refractivity contribution in [1.29, 1.82) is 0 Å². The van der Waals surface area contributed by atoms with Crippen molar-refractivity contribution in [3.8, 4) is 11.5 Å². The molecule has 2 heteroatoms. The Morgan fingerprint density at radius 1 is 1.06 bits per heavy atom. The van der Waals surface area contributed by atoms with Gasteiger partial charge in [0, 0.05) is 5.56 Å². The van der Waals surface area contributed by atoms with Gasteiger partial charge in [0.05, 0.1) is 14.2 Å². The zero-order valence-corrected chi connectivity index (χ0v) is 10.8. The van der Waals surface area contributed by atoms with Gasteiger partial charge in [-0.3, -0.25) is 0 Å². The highest BCUT2D eigenvalue weighted by atomic mass is 16.5. The lowest BCUT2D eigenvalue weighted by atomic mass is 10.0. The van der Waals surface area contributed by atoms with Gasteiger partial charge in [0.1, 0.15) is 11.5 Å². The Kier molecular flexibility index (Phi) is 5.17. The Hall–Kier alpha value is -1.18. The number of rotatable bonds is 6. The molecule has 0 aliphatic heterocycles. The molecule has 90 valence electrons. The fourth-order valence-corrected chi connectivity index (χ4v) is 2.00. The second kappa shape index (κ2) is 6.41. The second-order valence-corrected chi connectivity index (χ2v) is 4.04. The Morgan fingerprint density at radius 2 is 1.81 bits per heavy atom. The van der Waals surface area contributed by atoms with Gasteiger partial charge in [-0.2, -0.15) is 0 Å². The van der Waals surface area contributed by atoms with Gasteiger partial charge in [0.15, 0.2) is 0 Å². The zero-order chi connectivity index (χ0) is 12.0. The maximum Gasteiger partial charge on any atom is 0.128 e. The molecule has 0 fully saturated rings. The Balaban J connectivity index is 2.88. The third-order valence-electron chi connectivity index (χ3n) is 2.91. The van der Waals surface area contributed by atoms with Gasteiger partial charge in [-0.15, -0.1) is 0 Å². The summed E-state index contributed by atoms with van der Waals surface area (Å²) >= 11 is 0. The van der Waals surface area contributed by atoms with Crippen molar-refractivity contribution in [2.45, 2.75) is 39.5 Å². The molecule has 1 rings (SSSR count). The van der Waals surface area contributed by atoms with E-state index < -0.39 is 0 Å². The smallest absolute Gasteiger partial charge is 0.128 e. The molecule has 0 radical (unpaired) electrons. The van der Waals surface area contributed by atoms with Gasteiger partial charge < -0.3 is 9.47 Å². The van der Waals surface area contributed by atoms with Crippen molar-refractivity contribution in [2.24, 2.45) is 0 Å². The van der Waals surface area contributed by atoms with Gasteiger partial charge in [-0.05, 0) is 31.4 Å². The molecular weight excluding hydrogens is 200 g/mol. The summed E-state index contributed by atoms with van der Waals surface area (Å²) in [6.45, 7) is 4.26. The summed E-state index contributed by atoms with van der Waals surface area (Å²) < 4.78 is 10.8. The third kappa shape index (κ3) is 2.91. The van der Waals surface area contributed by atoms with Crippen LogP contribution in [0, 0.1) is 6.92 Å². The number of methoxy groups -OCH3 is 2. The summed E-state index contributed by atoms with van der Waals surface area (Å²) in [5, 5.41) is 0. The third-order valence-corrected chi connectivity index (χ3v) is 2.91. The number of hydrogen-bond donors (Lipinski definition) is 0. The fraction of sp³-hybridized carbons (Fsp3) is 0.571. The second-order valence-electron chi connectivity index (χ2n) is 4.04. The topological polar surface area (TPSA) is 18.5 Å². The molecule has 0 heterocycles. The Morgan fingerprint density at radius 3 is 2.38 bits per heavy atom. The van der Waals surface area contributed by atoms with Gasteiger partial charge in [-0.1, -0.05) is 25.8 Å². The van der Waals surface area contributed by atoms with Crippen LogP contribution >= 0.6 is 0 Å². The first kappa shape index (κ1) is 12.9. The first-order valence-corrected chi connectivity index (χ1v) is 5.95. The van der Waals surface area contributed by atoms with Crippen LogP contribution in [0.2, 0.25) is 0 Å². The van der Waals surface area contributed by atoms with Crippen molar-refractivity contribution in [3.63, 3.8) is 0 Å². The van der Waals surface area contributed by atoms with Crippen molar-refractivity contribution >= 4 is 0 Å². The highest BCUT2D eigenvalue weighted by Gasteiger charge is 2.10. The maximum atomic E-state index is 5.47.